The molecule has 0 aromatic heterocycles. The van der Waals surface area contributed by atoms with Gasteiger partial charge in [-0.1, -0.05) is 0 Å². The fourth-order valence-corrected chi connectivity index (χ4v) is 1.52. The van der Waals surface area contributed by atoms with Crippen molar-refractivity contribution in [1.29, 1.82) is 0 Å². The first-order chi connectivity index (χ1) is 9.01. The molecule has 8 heteroatoms. The summed E-state index contributed by atoms with van der Waals surface area (Å²) in [5.41, 5.74) is -0.867. The monoisotopic (exact) mass is 272 g/mol. The average Bonchev–Trinajstić information content (AvgIpc) is 2.38. The number of carbonyl (C=O) groups is 1. The van der Waals surface area contributed by atoms with Crippen molar-refractivity contribution in [2.75, 3.05) is 26.3 Å². The third kappa shape index (κ3) is 3.70. The van der Waals surface area contributed by atoms with Crippen molar-refractivity contribution in [1.82, 2.24) is 4.90 Å². The third-order valence-electron chi connectivity index (χ3n) is 2.42. The number of carbonyl (C=O) groups excluding carboxylic acids is 1. The lowest BCUT2D eigenvalue weighted by Gasteiger charge is -2.20. The molecule has 0 saturated carbocycles. The minimum absolute atomic E-state index is 0.0232. The van der Waals surface area contributed by atoms with Crippen LogP contribution < -0.4 is 0 Å². The van der Waals surface area contributed by atoms with E-state index in [1.54, 1.807) is 0 Å². The standard InChI is InChI=1S/C11H13FN2O5/c12-9-2-1-8(7-10(9)14(18)19)11(17)13(3-5-15)4-6-16/h1-2,7,15-16H,3-6H2. The maximum atomic E-state index is 13.1. The summed E-state index contributed by atoms with van der Waals surface area (Å²) < 4.78 is 13.1. The van der Waals surface area contributed by atoms with Crippen LogP contribution in [0.1, 0.15) is 10.4 Å². The normalized spacial score (nSPS) is 10.3. The van der Waals surface area contributed by atoms with Crippen LogP contribution >= 0.6 is 0 Å². The summed E-state index contributed by atoms with van der Waals surface area (Å²) >= 11 is 0. The van der Waals surface area contributed by atoms with E-state index in [1.807, 2.05) is 0 Å². The Morgan fingerprint density at radius 2 is 1.89 bits per heavy atom. The van der Waals surface area contributed by atoms with E-state index in [4.69, 9.17) is 10.2 Å². The molecular weight excluding hydrogens is 259 g/mol. The molecule has 1 aromatic rings. The average molecular weight is 272 g/mol. The van der Waals surface area contributed by atoms with Crippen molar-refractivity contribution in [2.24, 2.45) is 0 Å². The highest BCUT2D eigenvalue weighted by Crippen LogP contribution is 2.19. The van der Waals surface area contributed by atoms with E-state index in [2.05, 4.69) is 0 Å². The molecule has 0 fully saturated rings. The number of nitro groups is 1. The molecule has 0 heterocycles. The second-order valence-corrected chi connectivity index (χ2v) is 3.66. The molecule has 0 atom stereocenters. The number of rotatable bonds is 6. The van der Waals surface area contributed by atoms with Crippen LogP contribution in [0.2, 0.25) is 0 Å². The molecule has 104 valence electrons. The molecule has 1 aromatic carbocycles. The number of benzene rings is 1. The Labute approximate surface area is 108 Å². The molecular formula is C11H13FN2O5. The Morgan fingerprint density at radius 3 is 2.37 bits per heavy atom. The van der Waals surface area contributed by atoms with Crippen LogP contribution in [-0.4, -0.2) is 52.2 Å². The number of amides is 1. The van der Waals surface area contributed by atoms with Crippen molar-refractivity contribution in [3.05, 3.63) is 39.7 Å². The molecule has 0 saturated heterocycles. The van der Waals surface area contributed by atoms with Crippen LogP contribution in [0.25, 0.3) is 0 Å². The van der Waals surface area contributed by atoms with E-state index in [-0.39, 0.29) is 31.9 Å². The number of aliphatic hydroxyl groups excluding tert-OH is 2. The Kier molecular flexibility index (Phi) is 5.34. The van der Waals surface area contributed by atoms with Gasteiger partial charge in [0.1, 0.15) is 0 Å². The number of halogens is 1. The molecule has 7 nitrogen and oxygen atoms in total. The molecule has 0 aliphatic rings. The van der Waals surface area contributed by atoms with Gasteiger partial charge < -0.3 is 15.1 Å². The van der Waals surface area contributed by atoms with Gasteiger partial charge in [0, 0.05) is 24.7 Å². The fraction of sp³-hybridized carbons (Fsp3) is 0.364. The van der Waals surface area contributed by atoms with Crippen molar-refractivity contribution in [3.8, 4) is 0 Å². The van der Waals surface area contributed by atoms with E-state index in [0.717, 1.165) is 23.1 Å². The molecule has 1 rings (SSSR count). The zero-order valence-electron chi connectivity index (χ0n) is 9.95. The maximum Gasteiger partial charge on any atom is 0.305 e. The first-order valence-corrected chi connectivity index (χ1v) is 5.46. The highest BCUT2D eigenvalue weighted by molar-refractivity contribution is 5.94. The number of hydrogen-bond acceptors (Lipinski definition) is 5. The summed E-state index contributed by atoms with van der Waals surface area (Å²) in [6.45, 7) is -0.667. The SMILES string of the molecule is O=C(c1ccc(F)c([N+](=O)[O-])c1)N(CCO)CCO. The molecule has 2 N–H and O–H groups in total. The van der Waals surface area contributed by atoms with E-state index < -0.39 is 22.3 Å². The summed E-state index contributed by atoms with van der Waals surface area (Å²) in [6, 6.07) is 2.78. The van der Waals surface area contributed by atoms with Gasteiger partial charge in [-0.05, 0) is 12.1 Å². The number of aliphatic hydroxyl groups is 2. The van der Waals surface area contributed by atoms with Gasteiger partial charge in [0.2, 0.25) is 5.82 Å². The van der Waals surface area contributed by atoms with Crippen molar-refractivity contribution in [3.63, 3.8) is 0 Å². The van der Waals surface area contributed by atoms with Gasteiger partial charge in [-0.15, -0.1) is 0 Å². The molecule has 1 amide bonds. The van der Waals surface area contributed by atoms with Crippen molar-refractivity contribution < 1.29 is 24.3 Å². The fourth-order valence-electron chi connectivity index (χ4n) is 1.52. The number of nitrogens with zero attached hydrogens (tertiary/aromatic N) is 2. The number of nitro benzene ring substituents is 1. The summed E-state index contributed by atoms with van der Waals surface area (Å²) in [5, 5.41) is 28.2. The Balaban J connectivity index is 3.04. The topological polar surface area (TPSA) is 104 Å². The van der Waals surface area contributed by atoms with Gasteiger partial charge in [0.15, 0.2) is 0 Å². The predicted octanol–water partition coefficient (Wildman–Crippen LogP) is 0.161. The molecule has 0 aliphatic heterocycles. The largest absolute Gasteiger partial charge is 0.395 e. The summed E-state index contributed by atoms with van der Waals surface area (Å²) in [7, 11) is 0. The second kappa shape index (κ2) is 6.76. The molecule has 0 spiro atoms. The van der Waals surface area contributed by atoms with Crippen LogP contribution in [0.5, 0.6) is 0 Å². The Morgan fingerprint density at radius 1 is 1.32 bits per heavy atom. The highest BCUT2D eigenvalue weighted by atomic mass is 19.1. The van der Waals surface area contributed by atoms with Gasteiger partial charge in [-0.3, -0.25) is 14.9 Å². The zero-order valence-corrected chi connectivity index (χ0v) is 9.95. The smallest absolute Gasteiger partial charge is 0.305 e. The molecule has 19 heavy (non-hydrogen) atoms. The second-order valence-electron chi connectivity index (χ2n) is 3.66. The van der Waals surface area contributed by atoms with E-state index in [0.29, 0.717) is 0 Å². The maximum absolute atomic E-state index is 13.1. The minimum atomic E-state index is -1.03. The Hall–Kier alpha value is -2.06. The zero-order chi connectivity index (χ0) is 14.4. The van der Waals surface area contributed by atoms with E-state index in [9.17, 15) is 19.3 Å². The van der Waals surface area contributed by atoms with Gasteiger partial charge in [-0.25, -0.2) is 0 Å². The first-order valence-electron chi connectivity index (χ1n) is 5.46. The summed E-state index contributed by atoms with van der Waals surface area (Å²) in [5.74, 6) is -1.65. The van der Waals surface area contributed by atoms with Gasteiger partial charge >= 0.3 is 5.69 Å². The molecule has 0 bridgehead atoms. The summed E-state index contributed by atoms with van der Waals surface area (Å²) in [6.07, 6.45) is 0. The van der Waals surface area contributed by atoms with Crippen LogP contribution in [0, 0.1) is 15.9 Å². The lowest BCUT2D eigenvalue weighted by molar-refractivity contribution is -0.387. The van der Waals surface area contributed by atoms with E-state index in [1.165, 1.54) is 0 Å². The minimum Gasteiger partial charge on any atom is -0.395 e. The predicted molar refractivity (Wildman–Crippen MR) is 63.1 cm³/mol. The van der Waals surface area contributed by atoms with Crippen LogP contribution in [-0.2, 0) is 0 Å². The Bertz CT molecular complexity index is 474. The van der Waals surface area contributed by atoms with E-state index >= 15 is 0 Å². The highest BCUT2D eigenvalue weighted by Gasteiger charge is 2.20. The third-order valence-corrected chi connectivity index (χ3v) is 2.42. The van der Waals surface area contributed by atoms with Gasteiger partial charge in [0.05, 0.1) is 18.1 Å². The lowest BCUT2D eigenvalue weighted by atomic mass is 10.1. The van der Waals surface area contributed by atoms with Crippen LogP contribution in [0.3, 0.4) is 0 Å². The van der Waals surface area contributed by atoms with Gasteiger partial charge in [0.25, 0.3) is 5.91 Å². The molecule has 0 aliphatic carbocycles. The number of hydrogen-bond donors (Lipinski definition) is 2. The van der Waals surface area contributed by atoms with Crippen molar-refractivity contribution >= 4 is 11.6 Å². The quantitative estimate of drug-likeness (QED) is 0.567. The molecule has 0 radical (unpaired) electrons. The van der Waals surface area contributed by atoms with Crippen molar-refractivity contribution in [2.45, 2.75) is 0 Å². The van der Waals surface area contributed by atoms with Crippen LogP contribution in [0.15, 0.2) is 18.2 Å². The first kappa shape index (κ1) is 15.0. The van der Waals surface area contributed by atoms with Gasteiger partial charge in [-0.2, -0.15) is 4.39 Å². The summed E-state index contributed by atoms with van der Waals surface area (Å²) in [4.78, 5) is 22.7. The lowest BCUT2D eigenvalue weighted by Crippen LogP contribution is -2.35. The van der Waals surface area contributed by atoms with Crippen LogP contribution in [0.4, 0.5) is 10.1 Å². The molecule has 0 unspecified atom stereocenters.